The molecule has 4 aromatic rings. The number of carbonyl (C=O) groups is 14. The zero-order valence-corrected chi connectivity index (χ0v) is 73.3. The number of thiazole rings is 1. The minimum absolute atomic E-state index is 0.0255. The Kier molecular flexibility index (Phi) is 47.2. The maximum absolute atomic E-state index is 15.0. The molecule has 0 radical (unpaired) electrons. The van der Waals surface area contributed by atoms with Gasteiger partial charge in [0.05, 0.1) is 12.5 Å². The first-order valence-electron chi connectivity index (χ1n) is 40.8. The Balaban J connectivity index is 1.26. The molecule has 37 heteroatoms. The zero-order valence-electron chi connectivity index (χ0n) is 70.8. The van der Waals surface area contributed by atoms with Crippen molar-refractivity contribution in [2.24, 2.45) is 17.8 Å². The van der Waals surface area contributed by atoms with Gasteiger partial charge in [-0.05, 0) is 138 Å². The Hall–Kier alpha value is -10.3. The molecule has 0 saturated carbocycles. The number of aromatic hydroxyl groups is 1. The van der Waals surface area contributed by atoms with Gasteiger partial charge in [0, 0.05) is 93.2 Å². The van der Waals surface area contributed by atoms with Crippen molar-refractivity contribution < 1.29 is 96.7 Å². The van der Waals surface area contributed by atoms with E-state index in [1.165, 1.54) is 57.8 Å². The molecule has 0 aliphatic rings. The highest BCUT2D eigenvalue weighted by Crippen LogP contribution is 2.32. The highest BCUT2D eigenvalue weighted by molar-refractivity contribution is 8.76. The van der Waals surface area contributed by atoms with Crippen molar-refractivity contribution in [2.75, 3.05) is 51.5 Å². The third kappa shape index (κ3) is 39.7. The Morgan fingerprint density at radius 3 is 1.93 bits per heavy atom. The molecule has 0 fully saturated rings. The van der Waals surface area contributed by atoms with Crippen molar-refractivity contribution in [1.29, 1.82) is 0 Å². The number of unbranched alkanes of at least 4 members (excludes halogenated alkanes) is 3. The summed E-state index contributed by atoms with van der Waals surface area (Å²) in [5, 5.41) is 54.5. The number of esters is 2. The largest absolute Gasteiger partial charge is 0.508 e. The molecule has 4 rings (SSSR count). The van der Waals surface area contributed by atoms with E-state index < -0.39 is 145 Å². The summed E-state index contributed by atoms with van der Waals surface area (Å²) in [7, 11) is 4.61. The molecule has 0 spiro atoms. The van der Waals surface area contributed by atoms with Crippen LogP contribution in [-0.4, -0.2) is 213 Å². The second kappa shape index (κ2) is 55.5. The molecule has 1 heterocycles. The Bertz CT molecular complexity index is 3920. The number of carbonyl (C=O) groups excluding carboxylic acids is 12. The number of hydrazine groups is 1. The van der Waals surface area contributed by atoms with Gasteiger partial charge < -0.3 is 82.3 Å². The summed E-state index contributed by atoms with van der Waals surface area (Å²) in [6.45, 7) is 20.3. The number of nitrogens with one attached hydrogen (secondary N) is 11. The minimum atomic E-state index is -1.34. The van der Waals surface area contributed by atoms with Crippen molar-refractivity contribution in [3.8, 4) is 5.75 Å². The number of hydrogen-bond donors (Lipinski definition) is 14. The topological polar surface area (TPSA) is 479 Å². The standard InChI is InChI=1S/C83H124N14O20S3/c1-13-16-40-96(12)56(10)75(106)93-72(52(6)15-3)79(109)97(50-116-71(103)23-14-2)67(51(4)5)46-68(117-57(11)98)78-91-66(49-118-78)77(108)89-62(33-30-58-31-34-63(99)35-32-58)43-53(7)73(104)94-95-83(114)115-41-42-119-120-48-54(8)87-74(105)55(9)88-76(107)65(44-59-24-19-17-20-25-59)90-69(100)45-60-26-28-61(29-27-60)47-86-81(112)84-38-21-18-22-39-85-82(113)92-64(80(110)111)36-37-70(101)102/h17,19-20,24-29,31-32,34-35,49,51-56,62,64-65,67-68,72,99H,13-16,18,21-23,30,33,36-48,50H2,1-12H3,(H,87,105)(H,88,107)(H,89,108)(H,90,100)(H,93,106)(H,94,104)(H,95,114)(H,101,102)(H,110,111)(H2,84,86,112)(H2,85,92,113)/t52-,53-,54+,55-,56+,62-,64-,65-,67+,68+,72?/m0/s1. The summed E-state index contributed by atoms with van der Waals surface area (Å²) in [4.78, 5) is 191. The van der Waals surface area contributed by atoms with E-state index in [4.69, 9.17) is 19.3 Å². The van der Waals surface area contributed by atoms with E-state index in [0.29, 0.717) is 75.1 Å². The Morgan fingerprint density at radius 1 is 0.625 bits per heavy atom. The van der Waals surface area contributed by atoms with Gasteiger partial charge >= 0.3 is 42.0 Å². The lowest BCUT2D eigenvalue weighted by Crippen LogP contribution is -2.58. The third-order valence-electron chi connectivity index (χ3n) is 19.6. The van der Waals surface area contributed by atoms with E-state index in [2.05, 4.69) is 70.6 Å². The predicted octanol–water partition coefficient (Wildman–Crippen LogP) is 8.11. The van der Waals surface area contributed by atoms with Gasteiger partial charge in [0.15, 0.2) is 12.8 Å². The van der Waals surface area contributed by atoms with E-state index in [1.807, 2.05) is 64.8 Å². The van der Waals surface area contributed by atoms with Crippen LogP contribution in [0.1, 0.15) is 203 Å². The summed E-state index contributed by atoms with van der Waals surface area (Å²) < 4.78 is 16.9. The third-order valence-corrected chi connectivity index (χ3v) is 23.0. The molecule has 1 aromatic heterocycles. The van der Waals surface area contributed by atoms with Crippen LogP contribution in [0.15, 0.2) is 84.2 Å². The molecule has 0 saturated heterocycles. The number of ether oxygens (including phenoxy) is 3. The maximum atomic E-state index is 15.0. The molecule has 14 N–H and O–H groups in total. The number of carboxylic acid groups (broad SMARTS) is 2. The summed E-state index contributed by atoms with van der Waals surface area (Å²) in [5.41, 5.74) is 7.63. The van der Waals surface area contributed by atoms with Crippen LogP contribution in [0.3, 0.4) is 0 Å². The molecular formula is C83H124N14O20S3. The van der Waals surface area contributed by atoms with Gasteiger partial charge in [-0.3, -0.25) is 58.3 Å². The minimum Gasteiger partial charge on any atom is -0.508 e. The molecule has 0 aliphatic heterocycles. The number of likely N-dealkylation sites (N-methyl/N-ethyl adjacent to an activating group) is 1. The lowest BCUT2D eigenvalue weighted by molar-refractivity contribution is -0.160. The molecule has 0 bridgehead atoms. The van der Waals surface area contributed by atoms with Gasteiger partial charge in [-0.15, -0.1) is 11.3 Å². The van der Waals surface area contributed by atoms with E-state index in [0.717, 1.165) is 40.9 Å². The van der Waals surface area contributed by atoms with Crippen LogP contribution in [0, 0.1) is 17.8 Å². The van der Waals surface area contributed by atoms with Crippen molar-refractivity contribution in [3.63, 3.8) is 0 Å². The van der Waals surface area contributed by atoms with Crippen molar-refractivity contribution in [3.05, 3.63) is 117 Å². The molecular weight excluding hydrogens is 1610 g/mol. The number of hydrogen-bond acceptors (Lipinski definition) is 23. The number of urea groups is 2. The number of carboxylic acids is 2. The molecule has 1 unspecified atom stereocenters. The van der Waals surface area contributed by atoms with Crippen molar-refractivity contribution >= 4 is 116 Å². The quantitative estimate of drug-likeness (QED) is 0.00495. The molecule has 3 aromatic carbocycles. The molecule has 0 aliphatic carbocycles. The Labute approximate surface area is 714 Å². The van der Waals surface area contributed by atoms with Crippen LogP contribution in [-0.2, 0) is 88.0 Å². The number of aromatic nitrogens is 1. The molecule has 11 atom stereocenters. The van der Waals surface area contributed by atoms with Crippen LogP contribution < -0.4 is 58.7 Å². The summed E-state index contributed by atoms with van der Waals surface area (Å²) in [6, 6.07) is 14.7. The summed E-state index contributed by atoms with van der Waals surface area (Å²) in [5.74, 6) is -7.89. The first-order chi connectivity index (χ1) is 57.1. The van der Waals surface area contributed by atoms with Crippen LogP contribution in [0.4, 0.5) is 14.4 Å². The van der Waals surface area contributed by atoms with E-state index >= 15 is 4.79 Å². The lowest BCUT2D eigenvalue weighted by Gasteiger charge is -2.39. The highest BCUT2D eigenvalue weighted by atomic mass is 33.1. The van der Waals surface area contributed by atoms with E-state index in [1.54, 1.807) is 69.3 Å². The second-order valence-corrected chi connectivity index (χ2v) is 33.5. The number of amides is 12. The summed E-state index contributed by atoms with van der Waals surface area (Å²) in [6.07, 6.45) is 2.86. The first-order valence-corrected chi connectivity index (χ1v) is 44.2. The van der Waals surface area contributed by atoms with Crippen molar-refractivity contribution in [2.45, 2.75) is 240 Å². The first kappa shape index (κ1) is 102. The number of rotatable bonds is 55. The van der Waals surface area contributed by atoms with Gasteiger partial charge in [-0.1, -0.05) is 150 Å². The fourth-order valence-corrected chi connectivity index (χ4v) is 15.1. The fourth-order valence-electron chi connectivity index (χ4n) is 12.2. The highest BCUT2D eigenvalue weighted by Gasteiger charge is 2.40. The number of aryl methyl sites for hydroxylation is 1. The van der Waals surface area contributed by atoms with Gasteiger partial charge in [-0.25, -0.2) is 29.6 Å². The second-order valence-electron chi connectivity index (χ2n) is 30.0. The summed E-state index contributed by atoms with van der Waals surface area (Å²) >= 11 is 1.06. The molecule has 34 nitrogen and oxygen atoms in total. The van der Waals surface area contributed by atoms with Gasteiger partial charge in [0.2, 0.25) is 35.4 Å². The maximum Gasteiger partial charge on any atom is 0.426 e. The van der Waals surface area contributed by atoms with Crippen LogP contribution in [0.5, 0.6) is 5.75 Å². The molecule has 12 amide bonds. The number of nitrogens with zero attached hydrogens (tertiary/aromatic N) is 3. The number of benzene rings is 3. The number of phenols is 1. The monoisotopic (exact) mass is 1730 g/mol. The van der Waals surface area contributed by atoms with Gasteiger partial charge in [0.1, 0.15) is 47.2 Å². The fraction of sp³-hybridized carbons (Fsp3) is 0.578. The smallest absolute Gasteiger partial charge is 0.426 e. The van der Waals surface area contributed by atoms with Crippen LogP contribution in [0.2, 0.25) is 0 Å². The molecule has 120 heavy (non-hydrogen) atoms. The van der Waals surface area contributed by atoms with Crippen LogP contribution in [0.25, 0.3) is 0 Å². The van der Waals surface area contributed by atoms with Gasteiger partial charge in [0.25, 0.3) is 5.91 Å². The van der Waals surface area contributed by atoms with Gasteiger partial charge in [-0.2, -0.15) is 0 Å². The molecule has 664 valence electrons. The Morgan fingerprint density at radius 2 is 1.29 bits per heavy atom. The SMILES string of the molecule is CCCCN(C)[C@H](C)C(=O)NC(C(=O)N(COC(=O)CCC)[C@H](C[C@@H](OC(C)=O)c1nc(C(=O)N[C@@H](CCc2ccc(O)cc2)C[C@H](C)C(=O)NNC(=O)OCCSSC[C@@H](C)NC(=O)[C@H](C)NC(=O)[C@H](Cc2ccccc2)NC(=O)Cc2ccc(CNC(=O)NCCCCCNC(=O)N[C@@H](CCC(=O)O)C(=O)O)cc2)cs1)C(C)C)[C@@H](C)CC. The average Bonchev–Trinajstić information content (AvgIpc) is 1.28. The normalized spacial score (nSPS) is 13.9. The predicted molar refractivity (Wildman–Crippen MR) is 456 cm³/mol. The van der Waals surface area contributed by atoms with Crippen LogP contribution >= 0.6 is 32.9 Å². The number of phenolic OH excluding ortho intramolecular Hbond substituents is 1. The lowest BCUT2D eigenvalue weighted by atomic mass is 9.92. The van der Waals surface area contributed by atoms with E-state index in [9.17, 15) is 72.5 Å². The average molecular weight is 1730 g/mol. The van der Waals surface area contributed by atoms with E-state index in [-0.39, 0.29) is 98.5 Å². The number of aliphatic carboxylic acids is 2. The zero-order chi connectivity index (χ0) is 88.8. The van der Waals surface area contributed by atoms with Crippen molar-refractivity contribution in [1.82, 2.24) is 73.5 Å².